The van der Waals surface area contributed by atoms with Crippen LogP contribution in [0.15, 0.2) is 22.0 Å². The Labute approximate surface area is 103 Å². The van der Waals surface area contributed by atoms with Crippen molar-refractivity contribution in [3.05, 3.63) is 32.3 Å². The van der Waals surface area contributed by atoms with Gasteiger partial charge in [0.2, 0.25) is 0 Å². The fraction of sp³-hybridized carbons (Fsp3) is 0. The largest absolute Gasteiger partial charge is 0.215 e. The Morgan fingerprint density at radius 1 is 1.21 bits per heavy atom. The molecule has 72 valence electrons. The molecule has 2 aromatic heterocycles. The van der Waals surface area contributed by atoms with E-state index in [-0.39, 0.29) is 0 Å². The summed E-state index contributed by atoms with van der Waals surface area (Å²) < 4.78 is 0.945. The highest BCUT2D eigenvalue weighted by Gasteiger charge is 2.09. The zero-order valence-electron chi connectivity index (χ0n) is 6.67. The van der Waals surface area contributed by atoms with Crippen molar-refractivity contribution in [2.75, 3.05) is 0 Å². The number of thiophene rings is 1. The molecule has 0 aliphatic rings. The van der Waals surface area contributed by atoms with E-state index < -0.39 is 0 Å². The van der Waals surface area contributed by atoms with Gasteiger partial charge in [0.15, 0.2) is 5.82 Å². The number of hydrogen-bond acceptors (Lipinski definition) is 3. The maximum atomic E-state index is 5.77. The average molecular weight is 310 g/mol. The smallest absolute Gasteiger partial charge is 0.173 e. The van der Waals surface area contributed by atoms with Crippen LogP contribution in [0.1, 0.15) is 0 Å². The van der Waals surface area contributed by atoms with E-state index in [1.165, 1.54) is 17.4 Å². The zero-order chi connectivity index (χ0) is 10.1. The summed E-state index contributed by atoms with van der Waals surface area (Å²) in [5.41, 5.74) is 0. The first-order valence-electron chi connectivity index (χ1n) is 3.60. The standard InChI is InChI=1S/C8H3BrCl2N2S/c9-4-1-2-14-7(4)8-12-5(10)3-6(11)13-8/h1-3H. The summed E-state index contributed by atoms with van der Waals surface area (Å²) in [5.74, 6) is 0.546. The molecule has 0 aromatic carbocycles. The minimum atomic E-state index is 0.348. The molecule has 0 bridgehead atoms. The Hall–Kier alpha value is -0.160. The van der Waals surface area contributed by atoms with Crippen molar-refractivity contribution in [1.29, 1.82) is 0 Å². The van der Waals surface area contributed by atoms with Gasteiger partial charge in [0.05, 0.1) is 4.88 Å². The minimum absolute atomic E-state index is 0.348. The summed E-state index contributed by atoms with van der Waals surface area (Å²) in [7, 11) is 0. The van der Waals surface area contributed by atoms with E-state index >= 15 is 0 Å². The van der Waals surface area contributed by atoms with Crippen LogP contribution >= 0.6 is 50.5 Å². The maximum Gasteiger partial charge on any atom is 0.173 e. The molecule has 0 unspecified atom stereocenters. The first-order chi connectivity index (χ1) is 6.66. The third-order valence-electron chi connectivity index (χ3n) is 1.48. The number of nitrogens with zero attached hydrogens (tertiary/aromatic N) is 2. The van der Waals surface area contributed by atoms with Crippen molar-refractivity contribution in [2.45, 2.75) is 0 Å². The average Bonchev–Trinajstić information content (AvgIpc) is 2.49. The van der Waals surface area contributed by atoms with Crippen LogP contribution in [0.4, 0.5) is 0 Å². The van der Waals surface area contributed by atoms with Gasteiger partial charge in [0, 0.05) is 10.5 Å². The second-order valence-corrected chi connectivity index (χ2v) is 4.98. The molecule has 2 rings (SSSR count). The SMILES string of the molecule is Clc1cc(Cl)nc(-c2sccc2Br)n1. The first-order valence-corrected chi connectivity index (χ1v) is 6.03. The predicted octanol–water partition coefficient (Wildman–Crippen LogP) is 4.27. The van der Waals surface area contributed by atoms with Gasteiger partial charge in [0.25, 0.3) is 0 Å². The molecule has 6 heteroatoms. The van der Waals surface area contributed by atoms with E-state index in [9.17, 15) is 0 Å². The zero-order valence-corrected chi connectivity index (χ0v) is 10.6. The van der Waals surface area contributed by atoms with E-state index in [1.807, 2.05) is 11.4 Å². The molecule has 0 fully saturated rings. The number of hydrogen-bond donors (Lipinski definition) is 0. The fourth-order valence-electron chi connectivity index (χ4n) is 0.945. The fourth-order valence-corrected chi connectivity index (χ4v) is 2.85. The van der Waals surface area contributed by atoms with Crippen LogP contribution in [-0.2, 0) is 0 Å². The summed E-state index contributed by atoms with van der Waals surface area (Å²) >= 11 is 16.5. The van der Waals surface area contributed by atoms with Gasteiger partial charge in [0.1, 0.15) is 10.3 Å². The Morgan fingerprint density at radius 3 is 2.36 bits per heavy atom. The third-order valence-corrected chi connectivity index (χ3v) is 3.70. The van der Waals surface area contributed by atoms with Crippen molar-refractivity contribution in [3.8, 4) is 10.7 Å². The van der Waals surface area contributed by atoms with Gasteiger partial charge in [-0.1, -0.05) is 23.2 Å². The molecule has 0 aliphatic heterocycles. The van der Waals surface area contributed by atoms with Crippen molar-refractivity contribution < 1.29 is 0 Å². The molecule has 0 saturated heterocycles. The first kappa shape index (κ1) is 10.4. The Bertz CT molecular complexity index is 452. The van der Waals surface area contributed by atoms with E-state index in [2.05, 4.69) is 25.9 Å². The van der Waals surface area contributed by atoms with Crippen molar-refractivity contribution in [1.82, 2.24) is 9.97 Å². The second kappa shape index (κ2) is 4.14. The maximum absolute atomic E-state index is 5.77. The van der Waals surface area contributed by atoms with Crippen LogP contribution in [-0.4, -0.2) is 9.97 Å². The van der Waals surface area contributed by atoms with Crippen molar-refractivity contribution in [3.63, 3.8) is 0 Å². The van der Waals surface area contributed by atoms with E-state index in [0.717, 1.165) is 9.35 Å². The van der Waals surface area contributed by atoms with Crippen molar-refractivity contribution >= 4 is 50.5 Å². The van der Waals surface area contributed by atoms with E-state index in [4.69, 9.17) is 23.2 Å². The monoisotopic (exact) mass is 308 g/mol. The molecule has 2 heterocycles. The molecule has 0 aliphatic carbocycles. The molecule has 2 nitrogen and oxygen atoms in total. The highest BCUT2D eigenvalue weighted by atomic mass is 79.9. The van der Waals surface area contributed by atoms with Crippen LogP contribution in [0.2, 0.25) is 10.3 Å². The molecule has 0 radical (unpaired) electrons. The van der Waals surface area contributed by atoms with Gasteiger partial charge < -0.3 is 0 Å². The second-order valence-electron chi connectivity index (χ2n) is 2.43. The van der Waals surface area contributed by atoms with Crippen LogP contribution < -0.4 is 0 Å². The van der Waals surface area contributed by atoms with Gasteiger partial charge in [-0.15, -0.1) is 11.3 Å². The van der Waals surface area contributed by atoms with E-state index in [0.29, 0.717) is 16.1 Å². The molecule has 0 saturated carbocycles. The normalized spacial score (nSPS) is 10.5. The van der Waals surface area contributed by atoms with Crippen LogP contribution in [0.25, 0.3) is 10.7 Å². The molecule has 0 amide bonds. The molecule has 0 atom stereocenters. The van der Waals surface area contributed by atoms with Gasteiger partial charge in [-0.3, -0.25) is 0 Å². The molecular weight excluding hydrogens is 307 g/mol. The van der Waals surface area contributed by atoms with Gasteiger partial charge in [-0.05, 0) is 27.4 Å². The van der Waals surface area contributed by atoms with Gasteiger partial charge in [-0.2, -0.15) is 0 Å². The summed E-state index contributed by atoms with van der Waals surface area (Å²) in [6.45, 7) is 0. The molecule has 14 heavy (non-hydrogen) atoms. The minimum Gasteiger partial charge on any atom is -0.215 e. The Morgan fingerprint density at radius 2 is 1.86 bits per heavy atom. The summed E-state index contributed by atoms with van der Waals surface area (Å²) in [6.07, 6.45) is 0. The lowest BCUT2D eigenvalue weighted by Crippen LogP contribution is -1.87. The lowest BCUT2D eigenvalue weighted by molar-refractivity contribution is 1.18. The number of halogens is 3. The predicted molar refractivity (Wildman–Crippen MR) is 63.1 cm³/mol. The Balaban J connectivity index is 2.57. The third kappa shape index (κ3) is 2.08. The molecule has 0 spiro atoms. The lowest BCUT2D eigenvalue weighted by atomic mass is 10.4. The highest BCUT2D eigenvalue weighted by molar-refractivity contribution is 9.10. The summed E-state index contributed by atoms with van der Waals surface area (Å²) in [5, 5.41) is 2.64. The van der Waals surface area contributed by atoms with Gasteiger partial charge >= 0.3 is 0 Å². The quantitative estimate of drug-likeness (QED) is 0.735. The van der Waals surface area contributed by atoms with Crippen LogP contribution in [0.3, 0.4) is 0 Å². The van der Waals surface area contributed by atoms with Crippen LogP contribution in [0.5, 0.6) is 0 Å². The summed E-state index contributed by atoms with van der Waals surface area (Å²) in [6, 6.07) is 3.44. The molecule has 0 N–H and O–H groups in total. The molecule has 2 aromatic rings. The summed E-state index contributed by atoms with van der Waals surface area (Å²) in [4.78, 5) is 9.10. The lowest BCUT2D eigenvalue weighted by Gasteiger charge is -1.98. The topological polar surface area (TPSA) is 25.8 Å². The molecular formula is C8H3BrCl2N2S. The van der Waals surface area contributed by atoms with Crippen LogP contribution in [0, 0.1) is 0 Å². The van der Waals surface area contributed by atoms with Gasteiger partial charge in [-0.25, -0.2) is 9.97 Å². The Kier molecular flexibility index (Phi) is 3.07. The van der Waals surface area contributed by atoms with E-state index in [1.54, 1.807) is 0 Å². The number of rotatable bonds is 1. The highest BCUT2D eigenvalue weighted by Crippen LogP contribution is 2.32. The number of aromatic nitrogens is 2. The van der Waals surface area contributed by atoms with Crippen molar-refractivity contribution in [2.24, 2.45) is 0 Å².